The fraction of sp³-hybridized carbons (Fsp3) is 0.353. The molecule has 3 rings (SSSR count). The summed E-state index contributed by atoms with van der Waals surface area (Å²) in [6, 6.07) is 16.8. The van der Waals surface area contributed by atoms with E-state index < -0.39 is 0 Å². The predicted molar refractivity (Wildman–Crippen MR) is 90.1 cm³/mol. The molecule has 110 valence electrons. The lowest BCUT2D eigenvalue weighted by Gasteiger charge is -2.36. The topological polar surface area (TPSA) is 19.4 Å². The van der Waals surface area contributed by atoms with Gasteiger partial charge in [-0.05, 0) is 24.3 Å². The minimum Gasteiger partial charge on any atom is -0.369 e. The number of nitrogens with zero attached hydrogens (tertiary/aromatic N) is 3. The highest BCUT2D eigenvalue weighted by molar-refractivity contribution is 7.99. The van der Waals surface area contributed by atoms with Crippen LogP contribution >= 0.6 is 11.8 Å². The zero-order valence-electron chi connectivity index (χ0n) is 12.2. The van der Waals surface area contributed by atoms with Gasteiger partial charge in [0.1, 0.15) is 0 Å². The minimum atomic E-state index is 1.11. The Kier molecular flexibility index (Phi) is 5.13. The third-order valence-electron chi connectivity index (χ3n) is 3.79. The molecule has 0 unspecified atom stereocenters. The van der Waals surface area contributed by atoms with Crippen LogP contribution in [0.5, 0.6) is 0 Å². The maximum atomic E-state index is 4.35. The maximum absolute atomic E-state index is 4.35. The zero-order valence-corrected chi connectivity index (χ0v) is 13.0. The van der Waals surface area contributed by atoms with E-state index in [0.717, 1.165) is 43.5 Å². The highest BCUT2D eigenvalue weighted by Gasteiger charge is 2.16. The van der Waals surface area contributed by atoms with E-state index in [1.54, 1.807) is 0 Å². The molecule has 0 atom stereocenters. The highest BCUT2D eigenvalue weighted by Crippen LogP contribution is 2.17. The number of para-hydroxylation sites is 1. The van der Waals surface area contributed by atoms with Gasteiger partial charge in [0.25, 0.3) is 0 Å². The van der Waals surface area contributed by atoms with Crippen LogP contribution in [0.2, 0.25) is 0 Å². The third-order valence-corrected chi connectivity index (χ3v) is 4.71. The first-order chi connectivity index (χ1) is 10.4. The van der Waals surface area contributed by atoms with Crippen molar-refractivity contribution in [3.63, 3.8) is 0 Å². The number of benzene rings is 1. The highest BCUT2D eigenvalue weighted by atomic mass is 32.2. The summed E-state index contributed by atoms with van der Waals surface area (Å²) in [4.78, 5) is 9.37. The molecule has 4 heteroatoms. The summed E-state index contributed by atoms with van der Waals surface area (Å²) in [5.74, 6) is 1.11. The van der Waals surface area contributed by atoms with Crippen LogP contribution in [-0.4, -0.2) is 48.4 Å². The molecule has 1 aliphatic heterocycles. The Labute approximate surface area is 131 Å². The van der Waals surface area contributed by atoms with Crippen LogP contribution in [0.3, 0.4) is 0 Å². The monoisotopic (exact) mass is 299 g/mol. The molecule has 0 saturated carbocycles. The second-order valence-corrected chi connectivity index (χ2v) is 6.30. The Bertz CT molecular complexity index is 521. The molecular formula is C17H21N3S. The summed E-state index contributed by atoms with van der Waals surface area (Å²) < 4.78 is 0. The average Bonchev–Trinajstić information content (AvgIpc) is 2.57. The van der Waals surface area contributed by atoms with E-state index in [0.29, 0.717) is 0 Å². The minimum absolute atomic E-state index is 1.11. The second-order valence-electron chi connectivity index (χ2n) is 5.18. The Hall–Kier alpha value is -1.52. The second kappa shape index (κ2) is 7.48. The Morgan fingerprint density at radius 1 is 0.905 bits per heavy atom. The van der Waals surface area contributed by atoms with Crippen molar-refractivity contribution in [3.8, 4) is 0 Å². The van der Waals surface area contributed by atoms with Gasteiger partial charge in [0.15, 0.2) is 0 Å². The summed E-state index contributed by atoms with van der Waals surface area (Å²) in [6.07, 6.45) is 1.86. The molecule has 1 saturated heterocycles. The zero-order chi connectivity index (χ0) is 14.3. The summed E-state index contributed by atoms with van der Waals surface area (Å²) >= 11 is 1.84. The number of rotatable bonds is 5. The molecule has 0 bridgehead atoms. The third kappa shape index (κ3) is 4.22. The summed E-state index contributed by atoms with van der Waals surface area (Å²) in [5, 5.41) is 1.13. The van der Waals surface area contributed by atoms with E-state index in [1.165, 1.54) is 5.69 Å². The fourth-order valence-corrected chi connectivity index (χ4v) is 3.45. The van der Waals surface area contributed by atoms with Crippen molar-refractivity contribution in [3.05, 3.63) is 54.7 Å². The quantitative estimate of drug-likeness (QED) is 0.790. The first-order valence-corrected chi connectivity index (χ1v) is 8.46. The van der Waals surface area contributed by atoms with Crippen molar-refractivity contribution >= 4 is 17.4 Å². The Balaban J connectivity index is 1.40. The first-order valence-electron chi connectivity index (χ1n) is 7.48. The van der Waals surface area contributed by atoms with E-state index in [2.05, 4.69) is 51.2 Å². The standard InChI is InChI=1S/C17H21N3S/c1-2-6-16(7-3-1)20-12-10-19(11-13-20)14-15-21-17-8-4-5-9-18-17/h1-9H,10-15H2. The van der Waals surface area contributed by atoms with Gasteiger partial charge in [0.05, 0.1) is 5.03 Å². The molecule has 2 aromatic rings. The summed E-state index contributed by atoms with van der Waals surface area (Å²) in [6.45, 7) is 5.69. The number of anilines is 1. The summed E-state index contributed by atoms with van der Waals surface area (Å²) in [5.41, 5.74) is 1.35. The lowest BCUT2D eigenvalue weighted by atomic mass is 10.2. The van der Waals surface area contributed by atoms with Crippen molar-refractivity contribution in [2.45, 2.75) is 5.03 Å². The van der Waals surface area contributed by atoms with Crippen LogP contribution in [0.4, 0.5) is 5.69 Å². The molecule has 0 radical (unpaired) electrons. The van der Waals surface area contributed by atoms with E-state index in [1.807, 2.05) is 30.1 Å². The van der Waals surface area contributed by atoms with Crippen molar-refractivity contribution in [1.82, 2.24) is 9.88 Å². The molecule has 0 aliphatic carbocycles. The molecule has 2 heterocycles. The van der Waals surface area contributed by atoms with Gasteiger partial charge in [0, 0.05) is 50.4 Å². The molecule has 0 amide bonds. The lowest BCUT2D eigenvalue weighted by Crippen LogP contribution is -2.47. The van der Waals surface area contributed by atoms with Gasteiger partial charge in [-0.25, -0.2) is 4.98 Å². The average molecular weight is 299 g/mol. The molecule has 1 fully saturated rings. The SMILES string of the molecule is c1ccc(N2CCN(CCSc3ccccn3)CC2)cc1. The van der Waals surface area contributed by atoms with Gasteiger partial charge in [-0.15, -0.1) is 11.8 Å². The summed E-state index contributed by atoms with van der Waals surface area (Å²) in [7, 11) is 0. The van der Waals surface area contributed by atoms with Crippen LogP contribution in [0.15, 0.2) is 59.8 Å². The van der Waals surface area contributed by atoms with Gasteiger partial charge < -0.3 is 4.90 Å². The molecule has 0 spiro atoms. The number of hydrogen-bond donors (Lipinski definition) is 0. The molecule has 0 N–H and O–H groups in total. The number of pyridine rings is 1. The molecule has 21 heavy (non-hydrogen) atoms. The van der Waals surface area contributed by atoms with Crippen molar-refractivity contribution in [2.24, 2.45) is 0 Å². The van der Waals surface area contributed by atoms with Crippen LogP contribution in [-0.2, 0) is 0 Å². The van der Waals surface area contributed by atoms with Gasteiger partial charge in [0.2, 0.25) is 0 Å². The maximum Gasteiger partial charge on any atom is 0.0960 e. The first kappa shape index (κ1) is 14.4. The molecular weight excluding hydrogens is 278 g/mol. The van der Waals surface area contributed by atoms with Crippen molar-refractivity contribution in [2.75, 3.05) is 43.4 Å². The van der Waals surface area contributed by atoms with Crippen LogP contribution in [0.25, 0.3) is 0 Å². The Morgan fingerprint density at radius 2 is 1.67 bits per heavy atom. The number of thioether (sulfide) groups is 1. The van der Waals surface area contributed by atoms with E-state index >= 15 is 0 Å². The number of piperazine rings is 1. The largest absolute Gasteiger partial charge is 0.369 e. The van der Waals surface area contributed by atoms with Crippen LogP contribution < -0.4 is 4.90 Å². The molecule has 1 aromatic heterocycles. The van der Waals surface area contributed by atoms with Gasteiger partial charge >= 0.3 is 0 Å². The lowest BCUT2D eigenvalue weighted by molar-refractivity contribution is 0.273. The van der Waals surface area contributed by atoms with Crippen LogP contribution in [0, 0.1) is 0 Å². The van der Waals surface area contributed by atoms with Crippen LogP contribution in [0.1, 0.15) is 0 Å². The van der Waals surface area contributed by atoms with Gasteiger partial charge in [-0.3, -0.25) is 4.90 Å². The van der Waals surface area contributed by atoms with E-state index in [4.69, 9.17) is 0 Å². The molecule has 3 nitrogen and oxygen atoms in total. The smallest absolute Gasteiger partial charge is 0.0960 e. The van der Waals surface area contributed by atoms with Gasteiger partial charge in [-0.2, -0.15) is 0 Å². The Morgan fingerprint density at radius 3 is 2.38 bits per heavy atom. The number of aromatic nitrogens is 1. The molecule has 1 aromatic carbocycles. The number of hydrogen-bond acceptors (Lipinski definition) is 4. The fourth-order valence-electron chi connectivity index (χ4n) is 2.58. The van der Waals surface area contributed by atoms with E-state index in [-0.39, 0.29) is 0 Å². The normalized spacial score (nSPS) is 16.1. The van der Waals surface area contributed by atoms with Crippen molar-refractivity contribution in [1.29, 1.82) is 0 Å². The van der Waals surface area contributed by atoms with E-state index in [9.17, 15) is 0 Å². The predicted octanol–water partition coefficient (Wildman–Crippen LogP) is 3.00. The molecule has 1 aliphatic rings. The van der Waals surface area contributed by atoms with Crippen molar-refractivity contribution < 1.29 is 0 Å². The van der Waals surface area contributed by atoms with Gasteiger partial charge in [-0.1, -0.05) is 24.3 Å².